The standard InChI is InChI=1S/C15H20N4O/c1-9-6-4-5-7-12(9)8-10(2)17-15(20)14-13(16)11(3)18-19-14/h4-7,10H,8,16H2,1-3H3,(H,17,20)(H,18,19). The molecule has 0 saturated carbocycles. The average Bonchev–Trinajstić information content (AvgIpc) is 2.73. The number of nitrogens with zero attached hydrogens (tertiary/aromatic N) is 1. The molecule has 1 aromatic heterocycles. The van der Waals surface area contributed by atoms with Crippen molar-refractivity contribution in [2.75, 3.05) is 5.73 Å². The minimum Gasteiger partial charge on any atom is -0.395 e. The van der Waals surface area contributed by atoms with Crippen LogP contribution in [0.3, 0.4) is 0 Å². The van der Waals surface area contributed by atoms with Gasteiger partial charge >= 0.3 is 0 Å². The number of aryl methyl sites for hydroxylation is 2. The first-order chi connectivity index (χ1) is 9.49. The molecule has 1 atom stereocenters. The van der Waals surface area contributed by atoms with Crippen LogP contribution < -0.4 is 11.1 Å². The van der Waals surface area contributed by atoms with Crippen LogP contribution in [0.1, 0.15) is 34.2 Å². The van der Waals surface area contributed by atoms with Gasteiger partial charge in [-0.3, -0.25) is 9.89 Å². The Morgan fingerprint density at radius 2 is 2.10 bits per heavy atom. The minimum atomic E-state index is -0.243. The molecule has 1 heterocycles. The normalized spacial score (nSPS) is 12.2. The van der Waals surface area contributed by atoms with Gasteiger partial charge in [0, 0.05) is 6.04 Å². The first-order valence-corrected chi connectivity index (χ1v) is 6.65. The molecule has 4 N–H and O–H groups in total. The van der Waals surface area contributed by atoms with Crippen molar-refractivity contribution in [1.29, 1.82) is 0 Å². The molecule has 5 heteroatoms. The van der Waals surface area contributed by atoms with Crippen molar-refractivity contribution in [3.8, 4) is 0 Å². The van der Waals surface area contributed by atoms with E-state index in [-0.39, 0.29) is 17.6 Å². The fourth-order valence-electron chi connectivity index (χ4n) is 2.12. The topological polar surface area (TPSA) is 83.8 Å². The zero-order chi connectivity index (χ0) is 14.7. The van der Waals surface area contributed by atoms with Gasteiger partial charge in [-0.2, -0.15) is 5.10 Å². The van der Waals surface area contributed by atoms with Gasteiger partial charge in [-0.15, -0.1) is 0 Å². The number of carbonyl (C=O) groups is 1. The molecule has 20 heavy (non-hydrogen) atoms. The van der Waals surface area contributed by atoms with Crippen LogP contribution in [0, 0.1) is 13.8 Å². The Morgan fingerprint density at radius 1 is 1.40 bits per heavy atom. The number of amides is 1. The maximum atomic E-state index is 12.1. The van der Waals surface area contributed by atoms with E-state index in [9.17, 15) is 4.79 Å². The number of carbonyl (C=O) groups excluding carboxylic acids is 1. The number of hydrogen-bond donors (Lipinski definition) is 3. The van der Waals surface area contributed by atoms with E-state index in [4.69, 9.17) is 5.73 Å². The van der Waals surface area contributed by atoms with Crippen molar-refractivity contribution < 1.29 is 4.79 Å². The third-order valence-corrected chi connectivity index (χ3v) is 3.37. The van der Waals surface area contributed by atoms with E-state index in [0.29, 0.717) is 11.4 Å². The van der Waals surface area contributed by atoms with Gasteiger partial charge in [-0.05, 0) is 38.3 Å². The molecule has 1 unspecified atom stereocenters. The summed E-state index contributed by atoms with van der Waals surface area (Å²) in [7, 11) is 0. The van der Waals surface area contributed by atoms with E-state index in [1.165, 1.54) is 11.1 Å². The molecule has 0 radical (unpaired) electrons. The zero-order valence-electron chi connectivity index (χ0n) is 12.0. The van der Waals surface area contributed by atoms with E-state index in [2.05, 4.69) is 34.6 Å². The summed E-state index contributed by atoms with van der Waals surface area (Å²) in [6, 6.07) is 8.17. The molecule has 0 aliphatic heterocycles. The van der Waals surface area contributed by atoms with Crippen molar-refractivity contribution in [1.82, 2.24) is 15.5 Å². The predicted molar refractivity (Wildman–Crippen MR) is 79.5 cm³/mol. The van der Waals surface area contributed by atoms with Gasteiger partial charge in [0.2, 0.25) is 0 Å². The van der Waals surface area contributed by atoms with Crippen molar-refractivity contribution >= 4 is 11.6 Å². The lowest BCUT2D eigenvalue weighted by atomic mass is 10.0. The van der Waals surface area contributed by atoms with Crippen LogP contribution in [-0.4, -0.2) is 22.1 Å². The Balaban J connectivity index is 2.01. The second kappa shape index (κ2) is 5.77. The highest BCUT2D eigenvalue weighted by molar-refractivity contribution is 5.97. The van der Waals surface area contributed by atoms with E-state index in [1.54, 1.807) is 6.92 Å². The summed E-state index contributed by atoms with van der Waals surface area (Å²) < 4.78 is 0. The van der Waals surface area contributed by atoms with Crippen LogP contribution in [-0.2, 0) is 6.42 Å². The SMILES string of the molecule is Cc1ccccc1CC(C)NC(=O)c1n[nH]c(C)c1N. The molecule has 0 spiro atoms. The number of rotatable bonds is 4. The van der Waals surface area contributed by atoms with Gasteiger partial charge in [0.1, 0.15) is 0 Å². The second-order valence-electron chi connectivity index (χ2n) is 5.12. The minimum absolute atomic E-state index is 0.0139. The number of nitrogens with two attached hydrogens (primary N) is 1. The Hall–Kier alpha value is -2.30. The van der Waals surface area contributed by atoms with Gasteiger partial charge in [0.25, 0.3) is 5.91 Å². The summed E-state index contributed by atoms with van der Waals surface area (Å²) in [5, 5.41) is 9.57. The molecule has 0 aliphatic rings. The van der Waals surface area contributed by atoms with Crippen LogP contribution in [0.2, 0.25) is 0 Å². The lowest BCUT2D eigenvalue weighted by Crippen LogP contribution is -2.34. The summed E-state index contributed by atoms with van der Waals surface area (Å²) in [6.07, 6.45) is 0.779. The molecular formula is C15H20N4O. The number of aromatic amines is 1. The fourth-order valence-corrected chi connectivity index (χ4v) is 2.12. The van der Waals surface area contributed by atoms with E-state index in [1.807, 2.05) is 19.1 Å². The Bertz CT molecular complexity index is 618. The van der Waals surface area contributed by atoms with E-state index >= 15 is 0 Å². The number of anilines is 1. The molecule has 1 amide bonds. The monoisotopic (exact) mass is 272 g/mol. The highest BCUT2D eigenvalue weighted by Crippen LogP contribution is 2.13. The molecule has 0 fully saturated rings. The first-order valence-electron chi connectivity index (χ1n) is 6.65. The van der Waals surface area contributed by atoms with Gasteiger partial charge in [0.05, 0.1) is 11.4 Å². The summed E-state index contributed by atoms with van der Waals surface area (Å²) in [5.41, 5.74) is 9.64. The third-order valence-electron chi connectivity index (χ3n) is 3.37. The summed E-state index contributed by atoms with van der Waals surface area (Å²) in [6.45, 7) is 5.83. The summed E-state index contributed by atoms with van der Waals surface area (Å²) in [5.74, 6) is -0.243. The number of aromatic nitrogens is 2. The number of hydrogen-bond acceptors (Lipinski definition) is 3. The van der Waals surface area contributed by atoms with E-state index < -0.39 is 0 Å². The van der Waals surface area contributed by atoms with Gasteiger partial charge < -0.3 is 11.1 Å². The van der Waals surface area contributed by atoms with E-state index in [0.717, 1.165) is 6.42 Å². The molecule has 5 nitrogen and oxygen atoms in total. The number of nitrogens with one attached hydrogen (secondary N) is 2. The average molecular weight is 272 g/mol. The van der Waals surface area contributed by atoms with Gasteiger partial charge in [0.15, 0.2) is 5.69 Å². The molecule has 0 saturated heterocycles. The summed E-state index contributed by atoms with van der Waals surface area (Å²) in [4.78, 5) is 12.1. The highest BCUT2D eigenvalue weighted by Gasteiger charge is 2.17. The molecule has 0 bridgehead atoms. The second-order valence-corrected chi connectivity index (χ2v) is 5.12. The van der Waals surface area contributed by atoms with Crippen LogP contribution in [0.15, 0.2) is 24.3 Å². The Morgan fingerprint density at radius 3 is 2.70 bits per heavy atom. The lowest BCUT2D eigenvalue weighted by Gasteiger charge is -2.14. The molecule has 1 aromatic carbocycles. The molecule has 106 valence electrons. The predicted octanol–water partition coefficient (Wildman–Crippen LogP) is 1.97. The number of benzene rings is 1. The molecular weight excluding hydrogens is 252 g/mol. The quantitative estimate of drug-likeness (QED) is 0.795. The van der Waals surface area contributed by atoms with Gasteiger partial charge in [-0.1, -0.05) is 24.3 Å². The fraction of sp³-hybridized carbons (Fsp3) is 0.333. The van der Waals surface area contributed by atoms with Crippen molar-refractivity contribution in [3.05, 3.63) is 46.8 Å². The Kier molecular flexibility index (Phi) is 4.08. The molecule has 2 aromatic rings. The zero-order valence-corrected chi connectivity index (χ0v) is 12.0. The molecule has 0 aliphatic carbocycles. The maximum absolute atomic E-state index is 12.1. The van der Waals surface area contributed by atoms with Gasteiger partial charge in [-0.25, -0.2) is 0 Å². The van der Waals surface area contributed by atoms with Crippen LogP contribution in [0.25, 0.3) is 0 Å². The Labute approximate surface area is 118 Å². The number of nitrogen functional groups attached to an aromatic ring is 1. The highest BCUT2D eigenvalue weighted by atomic mass is 16.2. The van der Waals surface area contributed by atoms with Crippen LogP contribution in [0.5, 0.6) is 0 Å². The smallest absolute Gasteiger partial charge is 0.274 e. The van der Waals surface area contributed by atoms with Crippen LogP contribution in [0.4, 0.5) is 5.69 Å². The van der Waals surface area contributed by atoms with Crippen molar-refractivity contribution in [2.24, 2.45) is 0 Å². The first kappa shape index (κ1) is 14.1. The third kappa shape index (κ3) is 2.99. The molecule has 2 rings (SSSR count). The largest absolute Gasteiger partial charge is 0.395 e. The van der Waals surface area contributed by atoms with Crippen LogP contribution >= 0.6 is 0 Å². The lowest BCUT2D eigenvalue weighted by molar-refractivity contribution is 0.0936. The summed E-state index contributed by atoms with van der Waals surface area (Å²) >= 11 is 0. The van der Waals surface area contributed by atoms with Crippen molar-refractivity contribution in [2.45, 2.75) is 33.2 Å². The number of H-pyrrole nitrogens is 1. The maximum Gasteiger partial charge on any atom is 0.274 e. The van der Waals surface area contributed by atoms with Crippen molar-refractivity contribution in [3.63, 3.8) is 0 Å².